The number of hydrogen-bond acceptors (Lipinski definition) is 6. The molecule has 0 atom stereocenters. The lowest BCUT2D eigenvalue weighted by molar-refractivity contribution is -0.193. The summed E-state index contributed by atoms with van der Waals surface area (Å²) in [6.07, 6.45) is 3.10. The summed E-state index contributed by atoms with van der Waals surface area (Å²) in [7, 11) is 1.99. The number of carbonyl (C=O) groups is 2. The van der Waals surface area contributed by atoms with Gasteiger partial charge in [-0.25, -0.2) is 9.59 Å². The number of carboxylic acid groups (broad SMARTS) is 2. The molecular formula is C23H29F6N5O4. The van der Waals surface area contributed by atoms with E-state index in [1.807, 2.05) is 30.3 Å². The number of hydrogen-bond donors (Lipinski definition) is 2. The molecule has 0 unspecified atom stereocenters. The molecule has 0 bridgehead atoms. The van der Waals surface area contributed by atoms with Gasteiger partial charge in [-0.1, -0.05) is 6.07 Å². The van der Waals surface area contributed by atoms with Gasteiger partial charge in [0.25, 0.3) is 0 Å². The maximum absolute atomic E-state index is 10.6. The van der Waals surface area contributed by atoms with Crippen molar-refractivity contribution in [2.75, 3.05) is 19.6 Å². The van der Waals surface area contributed by atoms with Crippen molar-refractivity contribution in [3.63, 3.8) is 0 Å². The molecular weight excluding hydrogens is 524 g/mol. The van der Waals surface area contributed by atoms with Crippen LogP contribution in [0.3, 0.4) is 0 Å². The van der Waals surface area contributed by atoms with Crippen LogP contribution in [0.4, 0.5) is 26.3 Å². The Morgan fingerprint density at radius 2 is 1.50 bits per heavy atom. The fourth-order valence-corrected chi connectivity index (χ4v) is 4.46. The van der Waals surface area contributed by atoms with E-state index in [1.165, 1.54) is 56.4 Å². The summed E-state index contributed by atoms with van der Waals surface area (Å²) in [6.45, 7) is 5.71. The molecule has 212 valence electrons. The molecule has 4 heterocycles. The number of aryl methyl sites for hydroxylation is 1. The van der Waals surface area contributed by atoms with Gasteiger partial charge in [-0.05, 0) is 43.9 Å². The fourth-order valence-electron chi connectivity index (χ4n) is 4.46. The van der Waals surface area contributed by atoms with Gasteiger partial charge >= 0.3 is 24.3 Å². The lowest BCUT2D eigenvalue weighted by atomic mass is 9.84. The molecule has 2 aliphatic heterocycles. The zero-order chi connectivity index (χ0) is 28.6. The summed E-state index contributed by atoms with van der Waals surface area (Å²) >= 11 is 0. The number of carboxylic acids is 2. The maximum Gasteiger partial charge on any atom is 0.490 e. The Hall–Kier alpha value is -3.20. The second kappa shape index (κ2) is 13.0. The van der Waals surface area contributed by atoms with Gasteiger partial charge in [0.1, 0.15) is 0 Å². The molecule has 0 aromatic carbocycles. The highest BCUT2D eigenvalue weighted by Gasteiger charge is 2.43. The van der Waals surface area contributed by atoms with E-state index in [0.717, 1.165) is 13.1 Å². The van der Waals surface area contributed by atoms with E-state index in [9.17, 15) is 26.3 Å². The van der Waals surface area contributed by atoms with E-state index in [-0.39, 0.29) is 0 Å². The SMILES string of the molecule is Cn1cc(CN2CCC3(CCCN3Cc3cccnc3)CC2)cn1.O=C(O)C(F)(F)F.O=C(O)C(F)(F)F. The average molecular weight is 554 g/mol. The Labute approximate surface area is 214 Å². The molecule has 2 aromatic heterocycles. The first kappa shape index (κ1) is 31.0. The number of likely N-dealkylation sites (tertiary alicyclic amines) is 2. The fraction of sp³-hybridized carbons (Fsp3) is 0.565. The quantitative estimate of drug-likeness (QED) is 0.552. The molecule has 9 nitrogen and oxygen atoms in total. The van der Waals surface area contributed by atoms with Gasteiger partial charge < -0.3 is 10.2 Å². The largest absolute Gasteiger partial charge is 0.490 e. The van der Waals surface area contributed by atoms with Crippen LogP contribution in [0.15, 0.2) is 36.9 Å². The molecule has 15 heteroatoms. The number of rotatable bonds is 4. The van der Waals surface area contributed by atoms with E-state index in [1.54, 1.807) is 0 Å². The molecule has 1 spiro atoms. The number of pyridine rings is 1. The van der Waals surface area contributed by atoms with E-state index in [2.05, 4.69) is 38.2 Å². The third-order valence-corrected chi connectivity index (χ3v) is 6.27. The summed E-state index contributed by atoms with van der Waals surface area (Å²) in [6, 6.07) is 4.26. The molecule has 0 amide bonds. The van der Waals surface area contributed by atoms with E-state index < -0.39 is 24.3 Å². The second-order valence-electron chi connectivity index (χ2n) is 9.01. The minimum Gasteiger partial charge on any atom is -0.475 e. The van der Waals surface area contributed by atoms with Gasteiger partial charge in [-0.15, -0.1) is 0 Å². The Morgan fingerprint density at radius 1 is 0.921 bits per heavy atom. The van der Waals surface area contributed by atoms with Crippen molar-refractivity contribution in [2.45, 2.75) is 56.7 Å². The van der Waals surface area contributed by atoms with Gasteiger partial charge in [0.2, 0.25) is 0 Å². The van der Waals surface area contributed by atoms with Crippen LogP contribution in [0.25, 0.3) is 0 Å². The molecule has 0 aliphatic carbocycles. The van der Waals surface area contributed by atoms with Crippen molar-refractivity contribution in [3.05, 3.63) is 48.0 Å². The van der Waals surface area contributed by atoms with E-state index in [4.69, 9.17) is 19.8 Å². The highest BCUT2D eigenvalue weighted by atomic mass is 19.4. The standard InChI is InChI=1S/C19H27N5.2C2HF3O2/c1-22-14-18(13-21-22)15-23-10-6-19(7-11-23)5-3-9-24(19)16-17-4-2-8-20-12-17;2*3-2(4,5)1(6)7/h2,4,8,12-14H,3,5-7,9-11,15-16H2,1H3;2*(H,6,7). The molecule has 2 saturated heterocycles. The van der Waals surface area contributed by atoms with Crippen LogP contribution < -0.4 is 0 Å². The smallest absolute Gasteiger partial charge is 0.475 e. The Bertz CT molecular complexity index is 1010. The number of aliphatic carboxylic acids is 2. The third-order valence-electron chi connectivity index (χ3n) is 6.27. The monoisotopic (exact) mass is 553 g/mol. The van der Waals surface area contributed by atoms with E-state index in [0.29, 0.717) is 5.54 Å². The van der Waals surface area contributed by atoms with E-state index >= 15 is 0 Å². The van der Waals surface area contributed by atoms with Crippen molar-refractivity contribution >= 4 is 11.9 Å². The average Bonchev–Trinajstić information content (AvgIpc) is 3.41. The van der Waals surface area contributed by atoms with Gasteiger partial charge in [-0.2, -0.15) is 31.4 Å². The first-order valence-electron chi connectivity index (χ1n) is 11.6. The highest BCUT2D eigenvalue weighted by molar-refractivity contribution is 5.73. The van der Waals surface area contributed by atoms with Crippen LogP contribution in [-0.2, 0) is 29.7 Å². The van der Waals surface area contributed by atoms with Crippen molar-refractivity contribution in [1.82, 2.24) is 24.6 Å². The van der Waals surface area contributed by atoms with Gasteiger partial charge in [0.15, 0.2) is 0 Å². The van der Waals surface area contributed by atoms with Gasteiger partial charge in [0.05, 0.1) is 6.20 Å². The van der Waals surface area contributed by atoms with Crippen LogP contribution >= 0.6 is 0 Å². The minimum absolute atomic E-state index is 0.418. The number of nitrogens with zero attached hydrogens (tertiary/aromatic N) is 5. The minimum atomic E-state index is -5.08. The highest BCUT2D eigenvalue weighted by Crippen LogP contribution is 2.39. The number of alkyl halides is 6. The van der Waals surface area contributed by atoms with Crippen LogP contribution in [0, 0.1) is 0 Å². The predicted molar refractivity (Wildman–Crippen MR) is 122 cm³/mol. The van der Waals surface area contributed by atoms with Crippen LogP contribution in [0.5, 0.6) is 0 Å². The molecule has 4 rings (SSSR count). The summed E-state index contributed by atoms with van der Waals surface area (Å²) in [5.74, 6) is -5.51. The van der Waals surface area contributed by atoms with Crippen molar-refractivity contribution in [2.24, 2.45) is 7.05 Å². The first-order chi connectivity index (χ1) is 17.6. The predicted octanol–water partition coefficient (Wildman–Crippen LogP) is 3.71. The summed E-state index contributed by atoms with van der Waals surface area (Å²) in [5.41, 5.74) is 3.09. The summed E-state index contributed by atoms with van der Waals surface area (Å²) in [5, 5.41) is 18.5. The normalized spacial score (nSPS) is 17.8. The van der Waals surface area contributed by atoms with Crippen molar-refractivity contribution in [3.8, 4) is 0 Å². The van der Waals surface area contributed by atoms with Crippen LogP contribution in [-0.4, -0.2) is 84.2 Å². The topological polar surface area (TPSA) is 112 Å². The number of halogens is 6. The third kappa shape index (κ3) is 9.59. The first-order valence-corrected chi connectivity index (χ1v) is 11.6. The molecule has 38 heavy (non-hydrogen) atoms. The second-order valence-corrected chi connectivity index (χ2v) is 9.01. The zero-order valence-electron chi connectivity index (χ0n) is 20.5. The maximum atomic E-state index is 10.6. The van der Waals surface area contributed by atoms with Crippen molar-refractivity contribution in [1.29, 1.82) is 0 Å². The molecule has 2 fully saturated rings. The van der Waals surface area contributed by atoms with Crippen molar-refractivity contribution < 1.29 is 46.1 Å². The van der Waals surface area contributed by atoms with Gasteiger partial charge in [-0.3, -0.25) is 19.5 Å². The molecule has 0 saturated carbocycles. The zero-order valence-corrected chi connectivity index (χ0v) is 20.5. The number of piperidine rings is 1. The van der Waals surface area contributed by atoms with Gasteiger partial charge in [0, 0.05) is 62.9 Å². The molecule has 0 radical (unpaired) electrons. The molecule has 2 aromatic rings. The molecule has 2 aliphatic rings. The number of aromatic nitrogens is 3. The lowest BCUT2D eigenvalue weighted by Crippen LogP contribution is -2.51. The Kier molecular flexibility index (Phi) is 10.6. The Morgan fingerprint density at radius 3 is 1.95 bits per heavy atom. The molecule has 2 N–H and O–H groups in total. The summed E-state index contributed by atoms with van der Waals surface area (Å²) in [4.78, 5) is 27.4. The summed E-state index contributed by atoms with van der Waals surface area (Å²) < 4.78 is 65.4. The lowest BCUT2D eigenvalue weighted by Gasteiger charge is -2.45. The van der Waals surface area contributed by atoms with Crippen LogP contribution in [0.1, 0.15) is 36.8 Å². The Balaban J connectivity index is 0.000000301. The van der Waals surface area contributed by atoms with Crippen LogP contribution in [0.2, 0.25) is 0 Å².